The van der Waals surface area contributed by atoms with Crippen molar-refractivity contribution in [3.8, 4) is 16.9 Å². The molecule has 0 spiro atoms. The average Bonchev–Trinajstić information content (AvgIpc) is 2.37. The molecule has 0 heterocycles. The fourth-order valence-electron chi connectivity index (χ4n) is 1.70. The molecule has 0 aliphatic rings. The highest BCUT2D eigenvalue weighted by atomic mass is 35.5. The van der Waals surface area contributed by atoms with Gasteiger partial charge in [-0.05, 0) is 29.3 Å². The predicted octanol–water partition coefficient (Wildman–Crippen LogP) is 4.81. The Labute approximate surface area is 121 Å². The second-order valence-corrected chi connectivity index (χ2v) is 4.41. The lowest BCUT2D eigenvalue weighted by atomic mass is 10.0. The van der Waals surface area contributed by atoms with Crippen molar-refractivity contribution in [1.82, 2.24) is 0 Å². The van der Waals surface area contributed by atoms with E-state index in [1.165, 1.54) is 30.3 Å². The molecule has 0 aromatic heterocycles. The van der Waals surface area contributed by atoms with Crippen LogP contribution < -0.4 is 4.74 Å². The van der Waals surface area contributed by atoms with Gasteiger partial charge in [-0.1, -0.05) is 29.8 Å². The Bertz CT molecular complexity index is 689. The molecule has 0 saturated heterocycles. The van der Waals surface area contributed by atoms with Crippen molar-refractivity contribution in [2.45, 2.75) is 6.36 Å². The molecule has 0 saturated carbocycles. The van der Waals surface area contributed by atoms with Crippen LogP contribution in [0.3, 0.4) is 0 Å². The first kappa shape index (κ1) is 15.1. The van der Waals surface area contributed by atoms with Gasteiger partial charge in [0.25, 0.3) is 5.69 Å². The zero-order chi connectivity index (χ0) is 15.6. The van der Waals surface area contributed by atoms with Crippen LogP contribution in [0.4, 0.5) is 18.9 Å². The molecule has 2 aromatic rings. The van der Waals surface area contributed by atoms with E-state index in [9.17, 15) is 23.3 Å². The number of halogens is 4. The number of ether oxygens (including phenoxy) is 1. The lowest BCUT2D eigenvalue weighted by Gasteiger charge is -2.10. The topological polar surface area (TPSA) is 52.4 Å². The van der Waals surface area contributed by atoms with Crippen LogP contribution in [0.5, 0.6) is 5.75 Å². The van der Waals surface area contributed by atoms with Crippen LogP contribution in [0.2, 0.25) is 5.02 Å². The quantitative estimate of drug-likeness (QED) is 0.602. The van der Waals surface area contributed by atoms with Crippen LogP contribution in [-0.2, 0) is 0 Å². The van der Waals surface area contributed by atoms with E-state index in [1.807, 2.05) is 0 Å². The predicted molar refractivity (Wildman–Crippen MR) is 70.2 cm³/mol. The van der Waals surface area contributed by atoms with E-state index in [0.717, 1.165) is 12.1 Å². The van der Waals surface area contributed by atoms with Crippen molar-refractivity contribution in [2.75, 3.05) is 0 Å². The fourth-order valence-corrected chi connectivity index (χ4v) is 1.89. The second-order valence-electron chi connectivity index (χ2n) is 4.00. The van der Waals surface area contributed by atoms with Crippen LogP contribution in [0.1, 0.15) is 0 Å². The van der Waals surface area contributed by atoms with E-state index in [1.54, 1.807) is 0 Å². The van der Waals surface area contributed by atoms with Gasteiger partial charge in [-0.2, -0.15) is 0 Å². The Hall–Kier alpha value is -2.28. The zero-order valence-electron chi connectivity index (χ0n) is 10.2. The van der Waals surface area contributed by atoms with E-state index in [4.69, 9.17) is 11.6 Å². The largest absolute Gasteiger partial charge is 0.573 e. The van der Waals surface area contributed by atoms with Crippen LogP contribution in [-0.4, -0.2) is 11.3 Å². The lowest BCUT2D eigenvalue weighted by Crippen LogP contribution is -2.17. The Morgan fingerprint density at radius 2 is 1.76 bits per heavy atom. The SMILES string of the molecule is O=[N+]([O-])c1cc(-c2cccc(OC(F)(F)F)c2)ccc1Cl. The first-order valence-electron chi connectivity index (χ1n) is 5.56. The highest BCUT2D eigenvalue weighted by Crippen LogP contribution is 2.32. The van der Waals surface area contributed by atoms with Gasteiger partial charge in [0.2, 0.25) is 0 Å². The van der Waals surface area contributed by atoms with Crippen molar-refractivity contribution in [1.29, 1.82) is 0 Å². The molecule has 21 heavy (non-hydrogen) atoms. The average molecular weight is 318 g/mol. The third kappa shape index (κ3) is 3.85. The van der Waals surface area contributed by atoms with Crippen molar-refractivity contribution < 1.29 is 22.8 Å². The maximum absolute atomic E-state index is 12.2. The van der Waals surface area contributed by atoms with Crippen LogP contribution in [0, 0.1) is 10.1 Å². The van der Waals surface area contributed by atoms with Gasteiger partial charge in [-0.15, -0.1) is 13.2 Å². The Morgan fingerprint density at radius 1 is 1.10 bits per heavy atom. The van der Waals surface area contributed by atoms with Gasteiger partial charge in [0.1, 0.15) is 10.8 Å². The molecule has 0 aliphatic carbocycles. The summed E-state index contributed by atoms with van der Waals surface area (Å²) in [5, 5.41) is 10.8. The van der Waals surface area contributed by atoms with Gasteiger partial charge >= 0.3 is 6.36 Å². The molecule has 8 heteroatoms. The molecule has 0 bridgehead atoms. The van der Waals surface area contributed by atoms with Crippen molar-refractivity contribution >= 4 is 17.3 Å². The summed E-state index contributed by atoms with van der Waals surface area (Å²) in [5.74, 6) is -0.405. The molecule has 0 amide bonds. The van der Waals surface area contributed by atoms with Crippen LogP contribution in [0.25, 0.3) is 11.1 Å². The summed E-state index contributed by atoms with van der Waals surface area (Å²) in [6.07, 6.45) is -4.80. The maximum Gasteiger partial charge on any atom is 0.573 e. The molecule has 4 nitrogen and oxygen atoms in total. The third-order valence-corrected chi connectivity index (χ3v) is 2.86. The molecular formula is C13H7ClF3NO3. The molecular weight excluding hydrogens is 311 g/mol. The minimum Gasteiger partial charge on any atom is -0.406 e. The molecule has 0 N–H and O–H groups in total. The number of nitro benzene ring substituents is 1. The van der Waals surface area contributed by atoms with Gasteiger partial charge in [0.05, 0.1) is 4.92 Å². The number of benzene rings is 2. The summed E-state index contributed by atoms with van der Waals surface area (Å²) in [6.45, 7) is 0. The van der Waals surface area contributed by atoms with Crippen LogP contribution >= 0.6 is 11.6 Å². The summed E-state index contributed by atoms with van der Waals surface area (Å²) in [6, 6.07) is 9.12. The number of nitrogens with zero attached hydrogens (tertiary/aromatic N) is 1. The number of hydrogen-bond acceptors (Lipinski definition) is 3. The standard InChI is InChI=1S/C13H7ClF3NO3/c14-11-5-4-9(7-12(11)18(19)20)8-2-1-3-10(6-8)21-13(15,16)17/h1-7H. The molecule has 0 aliphatic heterocycles. The second kappa shape index (κ2) is 5.61. The first-order valence-corrected chi connectivity index (χ1v) is 5.94. The molecule has 0 atom stereocenters. The monoisotopic (exact) mass is 317 g/mol. The molecule has 110 valence electrons. The normalized spacial score (nSPS) is 11.2. The minimum absolute atomic E-state index is 0.0496. The van der Waals surface area contributed by atoms with Crippen LogP contribution in [0.15, 0.2) is 42.5 Å². The van der Waals surface area contributed by atoms with Gasteiger partial charge in [0.15, 0.2) is 0 Å². The Morgan fingerprint density at radius 3 is 2.38 bits per heavy atom. The minimum atomic E-state index is -4.80. The van der Waals surface area contributed by atoms with Gasteiger partial charge in [0, 0.05) is 6.07 Å². The van der Waals surface area contributed by atoms with Gasteiger partial charge in [-0.25, -0.2) is 0 Å². The van der Waals surface area contributed by atoms with E-state index < -0.39 is 17.0 Å². The van der Waals surface area contributed by atoms with Gasteiger partial charge in [-0.3, -0.25) is 10.1 Å². The molecule has 2 aromatic carbocycles. The molecule has 0 unspecified atom stereocenters. The van der Waals surface area contributed by atoms with Crippen molar-refractivity contribution in [3.63, 3.8) is 0 Å². The Balaban J connectivity index is 2.41. The van der Waals surface area contributed by atoms with E-state index in [2.05, 4.69) is 4.74 Å². The summed E-state index contributed by atoms with van der Waals surface area (Å²) >= 11 is 5.68. The zero-order valence-corrected chi connectivity index (χ0v) is 11.0. The highest BCUT2D eigenvalue weighted by molar-refractivity contribution is 6.32. The van der Waals surface area contributed by atoms with E-state index in [-0.39, 0.29) is 10.7 Å². The Kier molecular flexibility index (Phi) is 4.04. The number of rotatable bonds is 3. The summed E-state index contributed by atoms with van der Waals surface area (Å²) in [4.78, 5) is 10.1. The fraction of sp³-hybridized carbons (Fsp3) is 0.0769. The summed E-state index contributed by atoms with van der Waals surface area (Å²) in [5.41, 5.74) is 0.381. The van der Waals surface area contributed by atoms with E-state index in [0.29, 0.717) is 11.1 Å². The molecule has 0 radical (unpaired) electrons. The molecule has 2 rings (SSSR count). The summed E-state index contributed by atoms with van der Waals surface area (Å²) in [7, 11) is 0. The number of nitro groups is 1. The first-order chi connectivity index (χ1) is 9.76. The van der Waals surface area contributed by atoms with Crippen molar-refractivity contribution in [3.05, 3.63) is 57.6 Å². The van der Waals surface area contributed by atoms with Crippen molar-refractivity contribution in [2.24, 2.45) is 0 Å². The maximum atomic E-state index is 12.2. The summed E-state index contributed by atoms with van der Waals surface area (Å²) < 4.78 is 40.3. The van der Waals surface area contributed by atoms with Gasteiger partial charge < -0.3 is 4.74 Å². The van der Waals surface area contributed by atoms with E-state index >= 15 is 0 Å². The smallest absolute Gasteiger partial charge is 0.406 e. The third-order valence-electron chi connectivity index (χ3n) is 2.54. The number of alkyl halides is 3. The molecule has 0 fully saturated rings. The highest BCUT2D eigenvalue weighted by Gasteiger charge is 2.31. The number of hydrogen-bond donors (Lipinski definition) is 0. The lowest BCUT2D eigenvalue weighted by molar-refractivity contribution is -0.384.